The molecule has 1 rings (SSSR count). The van der Waals surface area contributed by atoms with Gasteiger partial charge in [0, 0.05) is 5.54 Å². The van der Waals surface area contributed by atoms with E-state index in [0.29, 0.717) is 11.3 Å². The molecule has 0 aliphatic heterocycles. The zero-order valence-corrected chi connectivity index (χ0v) is 9.69. The highest BCUT2D eigenvalue weighted by molar-refractivity contribution is 4.95. The molecule has 0 heterocycles. The average molecular weight is 183 g/mol. The van der Waals surface area contributed by atoms with E-state index in [9.17, 15) is 0 Å². The Morgan fingerprint density at radius 1 is 1.15 bits per heavy atom. The summed E-state index contributed by atoms with van der Waals surface area (Å²) >= 11 is 0. The number of rotatable bonds is 2. The molecule has 13 heavy (non-hydrogen) atoms. The van der Waals surface area contributed by atoms with Gasteiger partial charge >= 0.3 is 0 Å². The average Bonchev–Trinajstić information content (AvgIpc) is 2.09. The maximum atomic E-state index is 6.43. The Labute approximate surface area is 83.1 Å². The first-order chi connectivity index (χ1) is 5.90. The topological polar surface area (TPSA) is 26.0 Å². The van der Waals surface area contributed by atoms with Crippen molar-refractivity contribution in [2.24, 2.45) is 17.1 Å². The van der Waals surface area contributed by atoms with E-state index in [1.807, 2.05) is 0 Å². The molecule has 1 heteroatoms. The van der Waals surface area contributed by atoms with Gasteiger partial charge in [0.1, 0.15) is 0 Å². The molecule has 1 fully saturated rings. The van der Waals surface area contributed by atoms with Gasteiger partial charge in [0.2, 0.25) is 0 Å². The molecule has 1 saturated carbocycles. The van der Waals surface area contributed by atoms with Gasteiger partial charge in [-0.15, -0.1) is 0 Å². The molecule has 1 aliphatic carbocycles. The van der Waals surface area contributed by atoms with Crippen LogP contribution >= 0.6 is 0 Å². The number of hydrogen-bond donors (Lipinski definition) is 1. The molecule has 0 amide bonds. The van der Waals surface area contributed by atoms with Gasteiger partial charge in [0.25, 0.3) is 0 Å². The van der Waals surface area contributed by atoms with Gasteiger partial charge in [0.15, 0.2) is 0 Å². The Kier molecular flexibility index (Phi) is 3.06. The van der Waals surface area contributed by atoms with E-state index >= 15 is 0 Å². The highest BCUT2D eigenvalue weighted by Crippen LogP contribution is 2.42. The molecule has 0 radical (unpaired) electrons. The predicted molar refractivity (Wildman–Crippen MR) is 58.6 cm³/mol. The van der Waals surface area contributed by atoms with Gasteiger partial charge in [-0.1, -0.05) is 34.1 Å². The van der Waals surface area contributed by atoms with Crippen molar-refractivity contribution in [3.05, 3.63) is 0 Å². The van der Waals surface area contributed by atoms with E-state index in [0.717, 1.165) is 0 Å². The Morgan fingerprint density at radius 3 is 2.00 bits per heavy atom. The van der Waals surface area contributed by atoms with Gasteiger partial charge in [-0.05, 0) is 37.0 Å². The third kappa shape index (κ3) is 2.46. The molecule has 0 aromatic carbocycles. The first-order valence-electron chi connectivity index (χ1n) is 5.68. The van der Waals surface area contributed by atoms with Crippen LogP contribution in [0.2, 0.25) is 0 Å². The Hall–Kier alpha value is -0.0400. The fourth-order valence-electron chi connectivity index (χ4n) is 2.29. The largest absolute Gasteiger partial charge is 0.325 e. The molecule has 0 spiro atoms. The molecule has 1 unspecified atom stereocenters. The lowest BCUT2D eigenvalue weighted by molar-refractivity contribution is 0.122. The summed E-state index contributed by atoms with van der Waals surface area (Å²) in [6.45, 7) is 9.28. The monoisotopic (exact) mass is 183 g/mol. The van der Waals surface area contributed by atoms with E-state index in [1.165, 1.54) is 32.1 Å². The summed E-state index contributed by atoms with van der Waals surface area (Å²) in [6, 6.07) is 0. The lowest BCUT2D eigenvalue weighted by Crippen LogP contribution is -2.49. The van der Waals surface area contributed by atoms with Crippen molar-refractivity contribution < 1.29 is 0 Å². The minimum absolute atomic E-state index is 0.143. The fraction of sp³-hybridized carbons (Fsp3) is 1.00. The van der Waals surface area contributed by atoms with Gasteiger partial charge in [-0.25, -0.2) is 0 Å². The Bertz CT molecular complexity index is 162. The van der Waals surface area contributed by atoms with E-state index in [2.05, 4.69) is 27.7 Å². The molecule has 1 aliphatic rings. The third-order valence-electron chi connectivity index (χ3n) is 4.13. The van der Waals surface area contributed by atoms with Crippen LogP contribution in [0.5, 0.6) is 0 Å². The molecule has 2 N–H and O–H groups in total. The Morgan fingerprint density at radius 2 is 1.62 bits per heavy atom. The Balaban J connectivity index is 2.56. The summed E-state index contributed by atoms with van der Waals surface area (Å²) in [5.41, 5.74) is 7.12. The van der Waals surface area contributed by atoms with Crippen LogP contribution in [0.4, 0.5) is 0 Å². The number of nitrogens with two attached hydrogens (primary N) is 1. The van der Waals surface area contributed by atoms with Crippen LogP contribution in [0, 0.1) is 11.3 Å². The normalized spacial score (nSPS) is 28.4. The maximum absolute atomic E-state index is 6.43. The van der Waals surface area contributed by atoms with Crippen molar-refractivity contribution in [1.82, 2.24) is 0 Å². The van der Waals surface area contributed by atoms with Crippen molar-refractivity contribution in [2.45, 2.75) is 65.3 Å². The van der Waals surface area contributed by atoms with Crippen LogP contribution in [0.3, 0.4) is 0 Å². The standard InChI is InChI=1S/C12H25N/c1-5-10(2)12(13)8-6-11(3,4)7-9-12/h10H,5-9,13H2,1-4H3. The third-order valence-corrected chi connectivity index (χ3v) is 4.13. The van der Waals surface area contributed by atoms with E-state index in [1.54, 1.807) is 0 Å². The predicted octanol–water partition coefficient (Wildman–Crippen LogP) is 3.33. The summed E-state index contributed by atoms with van der Waals surface area (Å²) in [4.78, 5) is 0. The van der Waals surface area contributed by atoms with E-state index in [4.69, 9.17) is 5.73 Å². The minimum Gasteiger partial charge on any atom is -0.325 e. The molecule has 0 bridgehead atoms. The number of hydrogen-bond acceptors (Lipinski definition) is 1. The molecule has 1 atom stereocenters. The van der Waals surface area contributed by atoms with Gasteiger partial charge in [-0.2, -0.15) is 0 Å². The van der Waals surface area contributed by atoms with Crippen molar-refractivity contribution in [2.75, 3.05) is 0 Å². The van der Waals surface area contributed by atoms with Crippen LogP contribution in [0.25, 0.3) is 0 Å². The van der Waals surface area contributed by atoms with E-state index in [-0.39, 0.29) is 5.54 Å². The van der Waals surface area contributed by atoms with Crippen LogP contribution in [-0.2, 0) is 0 Å². The second-order valence-electron chi connectivity index (χ2n) is 5.71. The lowest BCUT2D eigenvalue weighted by Gasteiger charge is -2.44. The molecule has 0 aromatic rings. The van der Waals surface area contributed by atoms with Gasteiger partial charge in [0.05, 0.1) is 0 Å². The first kappa shape index (κ1) is 11.0. The highest BCUT2D eigenvalue weighted by atomic mass is 14.8. The summed E-state index contributed by atoms with van der Waals surface area (Å²) in [6.07, 6.45) is 6.25. The summed E-state index contributed by atoms with van der Waals surface area (Å²) in [7, 11) is 0. The summed E-state index contributed by atoms with van der Waals surface area (Å²) in [5, 5.41) is 0. The molecule has 1 nitrogen and oxygen atoms in total. The molecule has 78 valence electrons. The van der Waals surface area contributed by atoms with Gasteiger partial charge in [-0.3, -0.25) is 0 Å². The molecule has 0 saturated heterocycles. The second kappa shape index (κ2) is 3.61. The SMILES string of the molecule is CCC(C)C1(N)CCC(C)(C)CC1. The van der Waals surface area contributed by atoms with Gasteiger partial charge < -0.3 is 5.73 Å². The lowest BCUT2D eigenvalue weighted by atomic mass is 9.65. The van der Waals surface area contributed by atoms with Crippen molar-refractivity contribution >= 4 is 0 Å². The van der Waals surface area contributed by atoms with Crippen LogP contribution in [0.1, 0.15) is 59.8 Å². The summed E-state index contributed by atoms with van der Waals surface area (Å²) < 4.78 is 0. The van der Waals surface area contributed by atoms with E-state index < -0.39 is 0 Å². The molecule has 0 aromatic heterocycles. The van der Waals surface area contributed by atoms with Crippen molar-refractivity contribution in [3.8, 4) is 0 Å². The molecular weight excluding hydrogens is 158 g/mol. The zero-order valence-electron chi connectivity index (χ0n) is 9.69. The molecular formula is C12H25N. The second-order valence-corrected chi connectivity index (χ2v) is 5.71. The highest BCUT2D eigenvalue weighted by Gasteiger charge is 2.38. The quantitative estimate of drug-likeness (QED) is 0.698. The zero-order chi connectivity index (χ0) is 10.1. The fourth-order valence-corrected chi connectivity index (χ4v) is 2.29. The van der Waals surface area contributed by atoms with Crippen LogP contribution < -0.4 is 5.73 Å². The van der Waals surface area contributed by atoms with Crippen LogP contribution in [-0.4, -0.2) is 5.54 Å². The minimum atomic E-state index is 0.143. The smallest absolute Gasteiger partial charge is 0.0180 e. The maximum Gasteiger partial charge on any atom is 0.0180 e. The van der Waals surface area contributed by atoms with Crippen molar-refractivity contribution in [3.63, 3.8) is 0 Å². The first-order valence-corrected chi connectivity index (χ1v) is 5.68. The van der Waals surface area contributed by atoms with Crippen molar-refractivity contribution in [1.29, 1.82) is 0 Å². The summed E-state index contributed by atoms with van der Waals surface area (Å²) in [5.74, 6) is 0.684. The van der Waals surface area contributed by atoms with Crippen LogP contribution in [0.15, 0.2) is 0 Å².